The fraction of sp³-hybridized carbons (Fsp3) is 0.429. The van der Waals surface area contributed by atoms with Crippen LogP contribution in [-0.2, 0) is 4.74 Å². The largest absolute Gasteiger partial charge is 0.449 e. The van der Waals surface area contributed by atoms with Crippen LogP contribution < -0.4 is 10.6 Å². The second-order valence-electron chi connectivity index (χ2n) is 4.10. The second kappa shape index (κ2) is 8.13. The predicted octanol–water partition coefficient (Wildman–Crippen LogP) is 2.97. The van der Waals surface area contributed by atoms with Gasteiger partial charge in [0.1, 0.15) is 5.84 Å². The van der Waals surface area contributed by atoms with Crippen LogP contribution in [-0.4, -0.2) is 25.1 Å². The van der Waals surface area contributed by atoms with E-state index >= 15 is 0 Å². The summed E-state index contributed by atoms with van der Waals surface area (Å²) in [6.07, 6.45) is 1.23. The van der Waals surface area contributed by atoms with Gasteiger partial charge in [0.05, 0.1) is 6.61 Å². The Morgan fingerprint density at radius 1 is 1.26 bits per heavy atom. The van der Waals surface area contributed by atoms with Crippen molar-refractivity contribution in [1.82, 2.24) is 5.32 Å². The first-order valence-electron chi connectivity index (χ1n) is 6.54. The van der Waals surface area contributed by atoms with Crippen molar-refractivity contribution in [2.24, 2.45) is 0 Å². The average molecular weight is 263 g/mol. The molecular formula is C14H21N3O2. The Morgan fingerprint density at radius 3 is 2.53 bits per heavy atom. The van der Waals surface area contributed by atoms with Gasteiger partial charge in [0.2, 0.25) is 0 Å². The van der Waals surface area contributed by atoms with E-state index in [1.54, 1.807) is 12.1 Å². The lowest BCUT2D eigenvalue weighted by Gasteiger charge is -2.09. The van der Waals surface area contributed by atoms with E-state index in [1.165, 1.54) is 0 Å². The quantitative estimate of drug-likeness (QED) is 0.419. The first kappa shape index (κ1) is 15.0. The lowest BCUT2D eigenvalue weighted by atomic mass is 10.2. The normalized spacial score (nSPS) is 9.79. The molecule has 0 spiro atoms. The van der Waals surface area contributed by atoms with Gasteiger partial charge < -0.3 is 10.1 Å². The molecule has 1 aromatic carbocycles. The predicted molar refractivity (Wildman–Crippen MR) is 76.8 cm³/mol. The molecule has 0 heterocycles. The summed E-state index contributed by atoms with van der Waals surface area (Å²) in [7, 11) is 0. The Labute approximate surface area is 113 Å². The zero-order valence-electron chi connectivity index (χ0n) is 11.5. The van der Waals surface area contributed by atoms with E-state index in [0.717, 1.165) is 25.1 Å². The summed E-state index contributed by atoms with van der Waals surface area (Å²) < 4.78 is 4.93. The number of hydrogen-bond donors (Lipinski definition) is 3. The smallest absolute Gasteiger partial charge is 0.412 e. The van der Waals surface area contributed by atoms with E-state index in [2.05, 4.69) is 10.6 Å². The Balaban J connectivity index is 2.46. The highest BCUT2D eigenvalue weighted by Crippen LogP contribution is 2.09. The van der Waals surface area contributed by atoms with Crippen molar-refractivity contribution in [3.05, 3.63) is 29.8 Å². The molecule has 0 radical (unpaired) electrons. The zero-order chi connectivity index (χ0) is 14.1. The van der Waals surface area contributed by atoms with Crippen LogP contribution in [0.25, 0.3) is 0 Å². The number of anilines is 1. The van der Waals surface area contributed by atoms with Crippen molar-refractivity contribution in [3.8, 4) is 0 Å². The van der Waals surface area contributed by atoms with Crippen LogP contribution in [0.5, 0.6) is 0 Å². The molecule has 3 N–H and O–H groups in total. The minimum absolute atomic E-state index is 0.0459. The van der Waals surface area contributed by atoms with E-state index in [0.29, 0.717) is 12.2 Å². The van der Waals surface area contributed by atoms with Crippen LogP contribution in [0, 0.1) is 5.41 Å². The molecule has 1 rings (SSSR count). The van der Waals surface area contributed by atoms with Gasteiger partial charge in [-0.25, -0.2) is 4.79 Å². The number of amidine groups is 1. The van der Waals surface area contributed by atoms with Crippen molar-refractivity contribution >= 4 is 17.6 Å². The van der Waals surface area contributed by atoms with Crippen molar-refractivity contribution < 1.29 is 9.53 Å². The van der Waals surface area contributed by atoms with E-state index in [-0.39, 0.29) is 5.84 Å². The summed E-state index contributed by atoms with van der Waals surface area (Å²) in [5.74, 6) is 0.0459. The number of ether oxygens (including phenoxy) is 1. The molecule has 0 unspecified atom stereocenters. The molecule has 104 valence electrons. The minimum atomic E-state index is -0.575. The lowest BCUT2D eigenvalue weighted by molar-refractivity contribution is 0.150. The van der Waals surface area contributed by atoms with E-state index in [9.17, 15) is 4.79 Å². The summed E-state index contributed by atoms with van der Waals surface area (Å²) in [6, 6.07) is 7.31. The summed E-state index contributed by atoms with van der Waals surface area (Å²) >= 11 is 0. The molecule has 5 nitrogen and oxygen atoms in total. The van der Waals surface area contributed by atoms with Gasteiger partial charge in [0.25, 0.3) is 0 Å². The molecule has 0 aliphatic rings. The highest BCUT2D eigenvalue weighted by atomic mass is 16.5. The third-order valence-electron chi connectivity index (χ3n) is 2.51. The second-order valence-corrected chi connectivity index (χ2v) is 4.10. The summed E-state index contributed by atoms with van der Waals surface area (Å²) in [4.78, 5) is 11.4. The van der Waals surface area contributed by atoms with Crippen LogP contribution in [0.1, 0.15) is 32.3 Å². The standard InChI is InChI=1S/C14H21N3O2/c1-3-5-10-19-14(18)17-13(15)11-6-8-12(9-7-11)16-4-2/h6-9,16H,3-5,10H2,1-2H3,(H2,15,17,18). The number of unbranched alkanes of at least 4 members (excludes halogenated alkanes) is 1. The van der Waals surface area contributed by atoms with Gasteiger partial charge in [-0.2, -0.15) is 0 Å². The van der Waals surface area contributed by atoms with Crippen LogP contribution in [0.2, 0.25) is 0 Å². The monoisotopic (exact) mass is 263 g/mol. The first-order valence-corrected chi connectivity index (χ1v) is 6.54. The van der Waals surface area contributed by atoms with Crippen LogP contribution in [0.15, 0.2) is 24.3 Å². The maximum Gasteiger partial charge on any atom is 0.412 e. The molecule has 1 amide bonds. The highest BCUT2D eigenvalue weighted by molar-refractivity contribution is 6.04. The third kappa shape index (κ3) is 5.42. The molecule has 0 fully saturated rings. The number of carbonyl (C=O) groups excluding carboxylic acids is 1. The molecule has 0 atom stereocenters. The molecule has 0 aliphatic carbocycles. The van der Waals surface area contributed by atoms with Crippen LogP contribution in [0.4, 0.5) is 10.5 Å². The molecule has 0 aliphatic heterocycles. The molecule has 0 aromatic heterocycles. The molecule has 0 bridgehead atoms. The van der Waals surface area contributed by atoms with Gasteiger partial charge in [-0.3, -0.25) is 10.7 Å². The summed E-state index contributed by atoms with van der Waals surface area (Å²) in [5, 5.41) is 13.4. The first-order chi connectivity index (χ1) is 9.17. The average Bonchev–Trinajstić information content (AvgIpc) is 2.40. The lowest BCUT2D eigenvalue weighted by Crippen LogP contribution is -2.31. The molecule has 0 saturated heterocycles. The van der Waals surface area contributed by atoms with Gasteiger partial charge in [0.15, 0.2) is 0 Å². The van der Waals surface area contributed by atoms with Crippen molar-refractivity contribution in [1.29, 1.82) is 5.41 Å². The highest BCUT2D eigenvalue weighted by Gasteiger charge is 2.07. The third-order valence-corrected chi connectivity index (χ3v) is 2.51. The van der Waals surface area contributed by atoms with Crippen LogP contribution in [0.3, 0.4) is 0 Å². The SMILES string of the molecule is CCCCOC(=O)NC(=N)c1ccc(NCC)cc1. The number of carbonyl (C=O) groups is 1. The van der Waals surface area contributed by atoms with Crippen molar-refractivity contribution in [3.63, 3.8) is 0 Å². The Bertz CT molecular complexity index is 415. The van der Waals surface area contributed by atoms with Gasteiger partial charge >= 0.3 is 6.09 Å². The number of nitrogens with one attached hydrogen (secondary N) is 3. The number of rotatable bonds is 6. The van der Waals surface area contributed by atoms with Gasteiger partial charge in [-0.05, 0) is 37.6 Å². The Morgan fingerprint density at radius 2 is 1.95 bits per heavy atom. The van der Waals surface area contributed by atoms with Gasteiger partial charge in [0, 0.05) is 17.8 Å². The van der Waals surface area contributed by atoms with Crippen molar-refractivity contribution in [2.45, 2.75) is 26.7 Å². The topological polar surface area (TPSA) is 74.2 Å². The summed E-state index contributed by atoms with van der Waals surface area (Å²) in [5.41, 5.74) is 1.64. The molecule has 19 heavy (non-hydrogen) atoms. The number of alkyl carbamates (subject to hydrolysis) is 1. The summed E-state index contributed by atoms with van der Waals surface area (Å²) in [6.45, 7) is 5.27. The molecule has 0 saturated carbocycles. The van der Waals surface area contributed by atoms with E-state index < -0.39 is 6.09 Å². The van der Waals surface area contributed by atoms with Crippen LogP contribution >= 0.6 is 0 Å². The fourth-order valence-corrected chi connectivity index (χ4v) is 1.48. The molecule has 5 heteroatoms. The minimum Gasteiger partial charge on any atom is -0.449 e. The maximum absolute atomic E-state index is 11.4. The number of benzene rings is 1. The number of amides is 1. The maximum atomic E-state index is 11.4. The number of hydrogen-bond acceptors (Lipinski definition) is 4. The van der Waals surface area contributed by atoms with E-state index in [1.807, 2.05) is 26.0 Å². The van der Waals surface area contributed by atoms with Gasteiger partial charge in [-0.15, -0.1) is 0 Å². The van der Waals surface area contributed by atoms with E-state index in [4.69, 9.17) is 10.1 Å². The van der Waals surface area contributed by atoms with Gasteiger partial charge in [-0.1, -0.05) is 13.3 Å². The Kier molecular flexibility index (Phi) is 6.43. The van der Waals surface area contributed by atoms with Crippen molar-refractivity contribution in [2.75, 3.05) is 18.5 Å². The molecule has 1 aromatic rings. The Hall–Kier alpha value is -2.04. The zero-order valence-corrected chi connectivity index (χ0v) is 11.5. The molecular weight excluding hydrogens is 242 g/mol. The fourth-order valence-electron chi connectivity index (χ4n) is 1.48.